The number of rotatable bonds is 6. The van der Waals surface area contributed by atoms with Gasteiger partial charge in [-0.05, 0) is 60.8 Å². The maximum absolute atomic E-state index is 5.74. The lowest BCUT2D eigenvalue weighted by atomic mass is 9.83. The molecule has 0 aliphatic heterocycles. The Balaban J connectivity index is 3.47. The molecule has 1 aromatic carbocycles. The maximum Gasteiger partial charge on any atom is 0.0281 e. The van der Waals surface area contributed by atoms with Crippen molar-refractivity contribution in [2.45, 2.75) is 65.2 Å². The molecule has 20 heavy (non-hydrogen) atoms. The first-order valence-corrected chi connectivity index (χ1v) is 7.77. The van der Waals surface area contributed by atoms with E-state index in [0.29, 0.717) is 11.8 Å². The number of hydrogen-bond donors (Lipinski definition) is 0. The van der Waals surface area contributed by atoms with Crippen molar-refractivity contribution in [3.8, 4) is 24.7 Å². The molecule has 0 amide bonds. The van der Waals surface area contributed by atoms with Gasteiger partial charge in [-0.25, -0.2) is 0 Å². The highest BCUT2D eigenvalue weighted by molar-refractivity contribution is 5.53. The van der Waals surface area contributed by atoms with Gasteiger partial charge in [0.1, 0.15) is 0 Å². The van der Waals surface area contributed by atoms with Gasteiger partial charge in [0.15, 0.2) is 0 Å². The number of hydrogen-bond acceptors (Lipinski definition) is 0. The van der Waals surface area contributed by atoms with E-state index in [2.05, 4.69) is 51.7 Å². The van der Waals surface area contributed by atoms with Crippen LogP contribution < -0.4 is 0 Å². The molecule has 0 fully saturated rings. The summed E-state index contributed by atoms with van der Waals surface area (Å²) in [5, 5.41) is 0. The largest absolute Gasteiger partial charge is 0.115 e. The topological polar surface area (TPSA) is 0 Å². The molecule has 0 aromatic heterocycles. The first-order valence-electron chi connectivity index (χ1n) is 7.77. The Bertz CT molecular complexity index is 464. The number of benzene rings is 1. The average Bonchev–Trinajstić information content (AvgIpc) is 2.50. The quantitative estimate of drug-likeness (QED) is 0.600. The Kier molecular flexibility index (Phi) is 6.41. The molecule has 0 nitrogen and oxygen atoms in total. The van der Waals surface area contributed by atoms with Crippen LogP contribution in [0.1, 0.15) is 87.5 Å². The lowest BCUT2D eigenvalue weighted by Crippen LogP contribution is -2.05. The average molecular weight is 266 g/mol. The van der Waals surface area contributed by atoms with E-state index in [0.717, 1.165) is 36.8 Å². The Morgan fingerprint density at radius 3 is 1.25 bits per heavy atom. The second-order valence-electron chi connectivity index (χ2n) is 5.34. The Morgan fingerprint density at radius 2 is 1.05 bits per heavy atom. The van der Waals surface area contributed by atoms with Gasteiger partial charge in [0.2, 0.25) is 0 Å². The van der Waals surface area contributed by atoms with Crippen LogP contribution in [0.2, 0.25) is 0 Å². The second-order valence-corrected chi connectivity index (χ2v) is 5.34. The molecule has 0 aliphatic rings. The van der Waals surface area contributed by atoms with Gasteiger partial charge in [-0.1, -0.05) is 39.5 Å². The molecular formula is C20H26. The Hall–Kier alpha value is -1.66. The van der Waals surface area contributed by atoms with E-state index in [9.17, 15) is 0 Å². The zero-order valence-electron chi connectivity index (χ0n) is 13.3. The first kappa shape index (κ1) is 16.4. The highest BCUT2D eigenvalue weighted by atomic mass is 14.2. The fraction of sp³-hybridized carbons (Fsp3) is 0.500. The van der Waals surface area contributed by atoms with E-state index in [1.165, 1.54) is 11.1 Å². The van der Waals surface area contributed by atoms with Gasteiger partial charge < -0.3 is 0 Å². The van der Waals surface area contributed by atoms with E-state index >= 15 is 0 Å². The molecule has 0 N–H and O–H groups in total. The van der Waals surface area contributed by atoms with Gasteiger partial charge in [-0.15, -0.1) is 12.8 Å². The van der Waals surface area contributed by atoms with Crippen LogP contribution in [0, 0.1) is 24.7 Å². The summed E-state index contributed by atoms with van der Waals surface area (Å²) in [5.74, 6) is 6.75. The second kappa shape index (κ2) is 7.81. The van der Waals surface area contributed by atoms with Gasteiger partial charge in [0.25, 0.3) is 0 Å². The van der Waals surface area contributed by atoms with Crippen molar-refractivity contribution < 1.29 is 0 Å². The summed E-state index contributed by atoms with van der Waals surface area (Å²) in [6.07, 6.45) is 15.9. The Labute approximate surface area is 125 Å². The normalized spacial score (nSPS) is 10.6. The van der Waals surface area contributed by atoms with E-state index in [-0.39, 0.29) is 0 Å². The highest BCUT2D eigenvalue weighted by Crippen LogP contribution is 2.33. The molecule has 1 rings (SSSR count). The fourth-order valence-electron chi connectivity index (χ4n) is 3.02. The predicted molar refractivity (Wildman–Crippen MR) is 89.0 cm³/mol. The minimum Gasteiger partial charge on any atom is -0.115 e. The van der Waals surface area contributed by atoms with Gasteiger partial charge in [-0.3, -0.25) is 0 Å². The van der Waals surface area contributed by atoms with Crippen LogP contribution in [0.25, 0.3) is 0 Å². The van der Waals surface area contributed by atoms with Crippen molar-refractivity contribution in [3.05, 3.63) is 34.4 Å². The third-order valence-electron chi connectivity index (χ3n) is 4.38. The Morgan fingerprint density at radius 1 is 0.750 bits per heavy atom. The van der Waals surface area contributed by atoms with E-state index < -0.39 is 0 Å². The van der Waals surface area contributed by atoms with Gasteiger partial charge in [0, 0.05) is 11.1 Å². The summed E-state index contributed by atoms with van der Waals surface area (Å²) in [6, 6.07) is 4.33. The number of terminal acetylenes is 2. The van der Waals surface area contributed by atoms with Crippen molar-refractivity contribution in [3.63, 3.8) is 0 Å². The van der Waals surface area contributed by atoms with Gasteiger partial charge >= 0.3 is 0 Å². The van der Waals surface area contributed by atoms with Crippen molar-refractivity contribution >= 4 is 0 Å². The minimum absolute atomic E-state index is 0.504. The SMILES string of the molecule is C#Cc1cc(C(CC)CC)c(C#C)cc1C(CC)CC. The van der Waals surface area contributed by atoms with E-state index in [1.807, 2.05) is 0 Å². The van der Waals surface area contributed by atoms with Gasteiger partial charge in [0.05, 0.1) is 0 Å². The van der Waals surface area contributed by atoms with Crippen LogP contribution in [-0.4, -0.2) is 0 Å². The summed E-state index contributed by atoms with van der Waals surface area (Å²) in [6.45, 7) is 8.83. The van der Waals surface area contributed by atoms with Crippen LogP contribution in [0.5, 0.6) is 0 Å². The molecule has 0 unspecified atom stereocenters. The molecule has 1 aromatic rings. The standard InChI is InChI=1S/C20H26/c1-7-15(8-2)19-13-18(12-6)20(14-17(19)11-5)16(9-3)10-4/h5-6,13-16H,7-10H2,1-4H3. The summed E-state index contributed by atoms with van der Waals surface area (Å²) in [5.41, 5.74) is 4.56. The fourth-order valence-corrected chi connectivity index (χ4v) is 3.02. The zero-order valence-corrected chi connectivity index (χ0v) is 13.3. The summed E-state index contributed by atoms with van der Waals surface area (Å²) < 4.78 is 0. The predicted octanol–water partition coefficient (Wildman–Crippen LogP) is 5.46. The lowest BCUT2D eigenvalue weighted by molar-refractivity contribution is 0.628. The summed E-state index contributed by atoms with van der Waals surface area (Å²) in [7, 11) is 0. The molecule has 0 heteroatoms. The highest BCUT2D eigenvalue weighted by Gasteiger charge is 2.17. The zero-order chi connectivity index (χ0) is 15.1. The maximum atomic E-state index is 5.74. The molecule has 0 heterocycles. The molecule has 0 saturated heterocycles. The molecule has 0 saturated carbocycles. The van der Waals surface area contributed by atoms with Crippen molar-refractivity contribution in [1.29, 1.82) is 0 Å². The molecular weight excluding hydrogens is 240 g/mol. The molecule has 0 aliphatic carbocycles. The molecule has 0 bridgehead atoms. The van der Waals surface area contributed by atoms with Crippen LogP contribution in [0.4, 0.5) is 0 Å². The third kappa shape index (κ3) is 3.26. The first-order chi connectivity index (χ1) is 9.66. The summed E-state index contributed by atoms with van der Waals surface area (Å²) >= 11 is 0. The van der Waals surface area contributed by atoms with Crippen LogP contribution in [0.3, 0.4) is 0 Å². The van der Waals surface area contributed by atoms with Crippen molar-refractivity contribution in [1.82, 2.24) is 0 Å². The van der Waals surface area contributed by atoms with Crippen molar-refractivity contribution in [2.75, 3.05) is 0 Å². The van der Waals surface area contributed by atoms with E-state index in [1.54, 1.807) is 0 Å². The van der Waals surface area contributed by atoms with E-state index in [4.69, 9.17) is 12.8 Å². The smallest absolute Gasteiger partial charge is 0.0281 e. The third-order valence-corrected chi connectivity index (χ3v) is 4.38. The van der Waals surface area contributed by atoms with Crippen LogP contribution in [-0.2, 0) is 0 Å². The molecule has 0 radical (unpaired) electrons. The van der Waals surface area contributed by atoms with Crippen molar-refractivity contribution in [2.24, 2.45) is 0 Å². The monoisotopic (exact) mass is 266 g/mol. The minimum atomic E-state index is 0.504. The molecule has 106 valence electrons. The van der Waals surface area contributed by atoms with Gasteiger partial charge in [-0.2, -0.15) is 0 Å². The molecule has 0 spiro atoms. The lowest BCUT2D eigenvalue weighted by Gasteiger charge is -2.21. The molecule has 0 atom stereocenters. The van der Waals surface area contributed by atoms with Crippen LogP contribution in [0.15, 0.2) is 12.1 Å². The summed E-state index contributed by atoms with van der Waals surface area (Å²) in [4.78, 5) is 0. The van der Waals surface area contributed by atoms with Crippen LogP contribution >= 0.6 is 0 Å².